The molecular formula is C18H15Cl2N5. The second-order valence-electron chi connectivity index (χ2n) is 5.83. The van der Waals surface area contributed by atoms with Gasteiger partial charge in [0, 0.05) is 18.1 Å². The number of nitrogens with zero attached hydrogens (tertiary/aromatic N) is 4. The number of halogens is 2. The molecule has 2 heterocycles. The molecule has 0 aliphatic carbocycles. The summed E-state index contributed by atoms with van der Waals surface area (Å²) in [6.07, 6.45) is 2.67. The van der Waals surface area contributed by atoms with Gasteiger partial charge < -0.3 is 10.2 Å². The van der Waals surface area contributed by atoms with Gasteiger partial charge in [-0.1, -0.05) is 47.5 Å². The van der Waals surface area contributed by atoms with Crippen molar-refractivity contribution in [2.75, 3.05) is 16.8 Å². The lowest BCUT2D eigenvalue weighted by molar-refractivity contribution is 0.715. The van der Waals surface area contributed by atoms with Gasteiger partial charge in [-0.25, -0.2) is 0 Å². The number of benzene rings is 2. The molecule has 1 aliphatic heterocycles. The first-order valence-corrected chi connectivity index (χ1v) is 8.68. The Balaban J connectivity index is 1.57. The van der Waals surface area contributed by atoms with Crippen LogP contribution in [-0.2, 0) is 13.0 Å². The standard InChI is InChI=1S/C18H15Cl2N5/c19-14-5-6-15(20)16(9-14)22-18-23-17(10-21-24-18)25-8-7-12-3-1-2-4-13(12)11-25/h1-6,9-10H,7-8,11H2,(H,22,23,24). The molecule has 126 valence electrons. The van der Waals surface area contributed by atoms with Crippen molar-refractivity contribution in [3.05, 3.63) is 69.8 Å². The third kappa shape index (κ3) is 3.52. The van der Waals surface area contributed by atoms with Crippen LogP contribution in [-0.4, -0.2) is 21.7 Å². The maximum absolute atomic E-state index is 6.18. The van der Waals surface area contributed by atoms with E-state index in [1.54, 1.807) is 24.4 Å². The van der Waals surface area contributed by atoms with Crippen molar-refractivity contribution in [1.29, 1.82) is 0 Å². The molecule has 0 unspecified atom stereocenters. The first-order chi connectivity index (χ1) is 12.2. The Labute approximate surface area is 155 Å². The first-order valence-electron chi connectivity index (χ1n) is 7.92. The monoisotopic (exact) mass is 371 g/mol. The highest BCUT2D eigenvalue weighted by Gasteiger charge is 2.18. The predicted molar refractivity (Wildman–Crippen MR) is 101 cm³/mol. The highest BCUT2D eigenvalue weighted by atomic mass is 35.5. The fourth-order valence-corrected chi connectivity index (χ4v) is 3.24. The summed E-state index contributed by atoms with van der Waals surface area (Å²) in [4.78, 5) is 6.77. The summed E-state index contributed by atoms with van der Waals surface area (Å²) in [5, 5.41) is 12.3. The average molecular weight is 372 g/mol. The van der Waals surface area contributed by atoms with E-state index in [1.807, 2.05) is 0 Å². The zero-order chi connectivity index (χ0) is 17.2. The largest absolute Gasteiger partial charge is 0.350 e. The van der Waals surface area contributed by atoms with Crippen LogP contribution in [0.5, 0.6) is 0 Å². The summed E-state index contributed by atoms with van der Waals surface area (Å²) >= 11 is 12.2. The molecule has 1 aliphatic rings. The topological polar surface area (TPSA) is 53.9 Å². The number of anilines is 3. The fraction of sp³-hybridized carbons (Fsp3) is 0.167. The molecule has 2 aromatic carbocycles. The molecule has 0 atom stereocenters. The molecule has 3 aromatic rings. The van der Waals surface area contributed by atoms with Gasteiger partial charge in [0.05, 0.1) is 16.9 Å². The van der Waals surface area contributed by atoms with Crippen molar-refractivity contribution in [1.82, 2.24) is 15.2 Å². The minimum atomic E-state index is 0.389. The Kier molecular flexibility index (Phi) is 4.42. The van der Waals surface area contributed by atoms with E-state index in [2.05, 4.69) is 49.7 Å². The van der Waals surface area contributed by atoms with Gasteiger partial charge in [0.15, 0.2) is 5.82 Å². The van der Waals surface area contributed by atoms with Crippen molar-refractivity contribution in [2.45, 2.75) is 13.0 Å². The Bertz CT molecular complexity index is 915. The Morgan fingerprint density at radius 1 is 1.04 bits per heavy atom. The van der Waals surface area contributed by atoms with Crippen LogP contribution >= 0.6 is 23.2 Å². The van der Waals surface area contributed by atoms with Crippen molar-refractivity contribution in [3.8, 4) is 0 Å². The van der Waals surface area contributed by atoms with E-state index in [1.165, 1.54) is 11.1 Å². The van der Waals surface area contributed by atoms with Gasteiger partial charge in [-0.3, -0.25) is 0 Å². The summed E-state index contributed by atoms with van der Waals surface area (Å²) in [5.74, 6) is 1.17. The third-order valence-electron chi connectivity index (χ3n) is 4.18. The van der Waals surface area contributed by atoms with Gasteiger partial charge in [-0.2, -0.15) is 10.1 Å². The minimum Gasteiger partial charge on any atom is -0.350 e. The van der Waals surface area contributed by atoms with E-state index in [9.17, 15) is 0 Å². The maximum atomic E-state index is 6.18. The molecule has 0 saturated carbocycles. The number of hydrogen-bond acceptors (Lipinski definition) is 5. The molecule has 0 saturated heterocycles. The van der Waals surface area contributed by atoms with Crippen LogP contribution in [0.1, 0.15) is 11.1 Å². The average Bonchev–Trinajstić information content (AvgIpc) is 2.64. The number of nitrogens with one attached hydrogen (secondary N) is 1. The van der Waals surface area contributed by atoms with Crippen molar-refractivity contribution in [3.63, 3.8) is 0 Å². The van der Waals surface area contributed by atoms with Gasteiger partial charge in [0.2, 0.25) is 5.95 Å². The van der Waals surface area contributed by atoms with E-state index in [0.717, 1.165) is 25.3 Å². The molecule has 0 amide bonds. The molecule has 4 rings (SSSR count). The summed E-state index contributed by atoms with van der Waals surface area (Å²) in [6, 6.07) is 13.7. The molecule has 1 N–H and O–H groups in total. The van der Waals surface area contributed by atoms with E-state index < -0.39 is 0 Å². The van der Waals surface area contributed by atoms with E-state index in [0.29, 0.717) is 21.7 Å². The quantitative estimate of drug-likeness (QED) is 0.735. The van der Waals surface area contributed by atoms with Gasteiger partial charge in [-0.05, 0) is 35.7 Å². The van der Waals surface area contributed by atoms with Gasteiger partial charge in [0.1, 0.15) is 0 Å². The first kappa shape index (κ1) is 16.1. The van der Waals surface area contributed by atoms with E-state index in [4.69, 9.17) is 23.2 Å². The fourth-order valence-electron chi connectivity index (χ4n) is 2.91. The number of hydrogen-bond donors (Lipinski definition) is 1. The molecule has 5 nitrogen and oxygen atoms in total. The van der Waals surface area contributed by atoms with Crippen LogP contribution in [0, 0.1) is 0 Å². The smallest absolute Gasteiger partial charge is 0.249 e. The summed E-state index contributed by atoms with van der Waals surface area (Å²) < 4.78 is 0. The third-order valence-corrected chi connectivity index (χ3v) is 4.74. The van der Waals surface area contributed by atoms with Crippen LogP contribution in [0.2, 0.25) is 10.0 Å². The Morgan fingerprint density at radius 2 is 1.88 bits per heavy atom. The molecule has 1 aromatic heterocycles. The number of fused-ring (bicyclic) bond motifs is 1. The summed E-state index contributed by atoms with van der Waals surface area (Å²) in [6.45, 7) is 1.71. The second-order valence-corrected chi connectivity index (χ2v) is 6.67. The zero-order valence-corrected chi connectivity index (χ0v) is 14.8. The van der Waals surface area contributed by atoms with E-state index in [-0.39, 0.29) is 0 Å². The molecule has 0 fully saturated rings. The molecule has 7 heteroatoms. The Hall–Kier alpha value is -2.37. The molecule has 0 spiro atoms. The van der Waals surface area contributed by atoms with Crippen molar-refractivity contribution >= 4 is 40.7 Å². The highest BCUT2D eigenvalue weighted by molar-refractivity contribution is 6.35. The lowest BCUT2D eigenvalue weighted by Crippen LogP contribution is -2.31. The lowest BCUT2D eigenvalue weighted by Gasteiger charge is -2.29. The van der Waals surface area contributed by atoms with Gasteiger partial charge >= 0.3 is 0 Å². The predicted octanol–water partition coefficient (Wildman–Crippen LogP) is 4.48. The van der Waals surface area contributed by atoms with Gasteiger partial charge in [-0.15, -0.1) is 5.10 Å². The highest BCUT2D eigenvalue weighted by Crippen LogP contribution is 2.28. The molecule has 0 bridgehead atoms. The summed E-state index contributed by atoms with van der Waals surface area (Å²) in [7, 11) is 0. The van der Waals surface area contributed by atoms with Crippen LogP contribution in [0.15, 0.2) is 48.7 Å². The van der Waals surface area contributed by atoms with Crippen LogP contribution < -0.4 is 10.2 Å². The number of rotatable bonds is 3. The Morgan fingerprint density at radius 3 is 2.76 bits per heavy atom. The minimum absolute atomic E-state index is 0.389. The van der Waals surface area contributed by atoms with Crippen molar-refractivity contribution < 1.29 is 0 Å². The maximum Gasteiger partial charge on any atom is 0.249 e. The zero-order valence-electron chi connectivity index (χ0n) is 13.3. The van der Waals surface area contributed by atoms with Crippen LogP contribution in [0.3, 0.4) is 0 Å². The van der Waals surface area contributed by atoms with Gasteiger partial charge in [0.25, 0.3) is 0 Å². The number of aromatic nitrogens is 3. The molecule has 0 radical (unpaired) electrons. The molecule has 25 heavy (non-hydrogen) atoms. The second kappa shape index (κ2) is 6.86. The molecular weight excluding hydrogens is 357 g/mol. The van der Waals surface area contributed by atoms with E-state index >= 15 is 0 Å². The van der Waals surface area contributed by atoms with Crippen molar-refractivity contribution in [2.24, 2.45) is 0 Å². The lowest BCUT2D eigenvalue weighted by atomic mass is 10.0. The summed E-state index contributed by atoms with van der Waals surface area (Å²) in [5.41, 5.74) is 3.36. The normalized spacial score (nSPS) is 13.4. The van der Waals surface area contributed by atoms with Crippen LogP contribution in [0.25, 0.3) is 0 Å². The SMILES string of the molecule is Clc1ccc(Cl)c(Nc2nncc(N3CCc4ccccc4C3)n2)c1. The van der Waals surface area contributed by atoms with Crippen LogP contribution in [0.4, 0.5) is 17.5 Å².